The molecule has 0 aliphatic rings. The molecule has 0 fully saturated rings. The zero-order valence-electron chi connectivity index (χ0n) is 12.5. The van der Waals surface area contributed by atoms with Gasteiger partial charge in [0.05, 0.1) is 5.56 Å². The number of hydrogen-bond donors (Lipinski definition) is 0. The van der Waals surface area contributed by atoms with Gasteiger partial charge >= 0.3 is 6.18 Å². The summed E-state index contributed by atoms with van der Waals surface area (Å²) in [5.41, 5.74) is 0.926. The van der Waals surface area contributed by atoms with Gasteiger partial charge in [0, 0.05) is 0 Å². The zero-order chi connectivity index (χ0) is 16.8. The smallest absolute Gasteiger partial charge is 0.207 e. The third-order valence-corrected chi connectivity index (χ3v) is 3.00. The molecule has 0 atom stereocenters. The Labute approximate surface area is 128 Å². The van der Waals surface area contributed by atoms with Crippen LogP contribution in [0.5, 0.6) is 0 Å². The van der Waals surface area contributed by atoms with Crippen molar-refractivity contribution in [2.75, 3.05) is 0 Å². The Hall–Kier alpha value is -2.10. The number of benzene rings is 1. The second-order valence-electron chi connectivity index (χ2n) is 4.80. The maximum Gasteiger partial charge on any atom is 0.416 e. The van der Waals surface area contributed by atoms with Crippen molar-refractivity contribution in [1.29, 1.82) is 0 Å². The molecular weight excluding hydrogens is 292 g/mol. The minimum Gasteiger partial charge on any atom is -0.207 e. The minimum atomic E-state index is -4.42. The normalized spacial score (nSPS) is 13.7. The van der Waals surface area contributed by atoms with Gasteiger partial charge in [0.1, 0.15) is 5.83 Å². The molecule has 22 heavy (non-hydrogen) atoms. The molecule has 1 aromatic rings. The van der Waals surface area contributed by atoms with E-state index in [0.717, 1.165) is 17.7 Å². The second kappa shape index (κ2) is 7.78. The number of hydrogen-bond acceptors (Lipinski definition) is 0. The molecule has 4 heteroatoms. The summed E-state index contributed by atoms with van der Waals surface area (Å²) in [6, 6.07) is 3.37. The largest absolute Gasteiger partial charge is 0.416 e. The summed E-state index contributed by atoms with van der Waals surface area (Å²) < 4.78 is 51.9. The Balaban J connectivity index is 3.06. The van der Waals surface area contributed by atoms with E-state index < -0.39 is 17.6 Å². The van der Waals surface area contributed by atoms with E-state index in [2.05, 4.69) is 6.58 Å². The average Bonchev–Trinajstić information content (AvgIpc) is 2.44. The van der Waals surface area contributed by atoms with Crippen LogP contribution in [0.25, 0.3) is 6.08 Å². The summed E-state index contributed by atoms with van der Waals surface area (Å²) in [6.07, 6.45) is 3.23. The summed E-state index contributed by atoms with van der Waals surface area (Å²) in [4.78, 5) is 0. The van der Waals surface area contributed by atoms with Crippen LogP contribution in [-0.4, -0.2) is 0 Å². The molecule has 0 amide bonds. The fourth-order valence-corrected chi connectivity index (χ4v) is 1.95. The molecule has 0 saturated carbocycles. The third kappa shape index (κ3) is 5.35. The predicted molar refractivity (Wildman–Crippen MR) is 83.0 cm³/mol. The summed E-state index contributed by atoms with van der Waals surface area (Å²) in [5, 5.41) is 0. The fraction of sp³-hybridized carbons (Fsp3) is 0.222. The molecule has 0 aliphatic carbocycles. The van der Waals surface area contributed by atoms with Crippen LogP contribution >= 0.6 is 0 Å². The van der Waals surface area contributed by atoms with Crippen molar-refractivity contribution in [2.45, 2.75) is 26.4 Å². The summed E-state index contributed by atoms with van der Waals surface area (Å²) >= 11 is 0. The van der Waals surface area contributed by atoms with Gasteiger partial charge in [0.2, 0.25) is 0 Å². The summed E-state index contributed by atoms with van der Waals surface area (Å²) in [5.74, 6) is -0.483. The molecule has 0 radical (unpaired) electrons. The van der Waals surface area contributed by atoms with E-state index in [-0.39, 0.29) is 6.42 Å². The first-order valence-electron chi connectivity index (χ1n) is 6.77. The van der Waals surface area contributed by atoms with Gasteiger partial charge in [-0.3, -0.25) is 0 Å². The topological polar surface area (TPSA) is 0 Å². The molecule has 0 unspecified atom stereocenters. The number of allylic oxidation sites excluding steroid dienone is 6. The average molecular weight is 310 g/mol. The standard InChI is InChI=1S/C18H18F4/c1-4-6-13(3)11-17(19)10-8-15-12-16(18(20,21)22)9-7-14(15)5-2/h4-7,9-12H,2,8H2,1,3H3/b6-4-,13-11-,17-10-. The van der Waals surface area contributed by atoms with Crippen LogP contribution in [0.3, 0.4) is 0 Å². The van der Waals surface area contributed by atoms with Crippen LogP contribution in [0.1, 0.15) is 30.5 Å². The van der Waals surface area contributed by atoms with Crippen LogP contribution in [0.4, 0.5) is 17.6 Å². The van der Waals surface area contributed by atoms with Gasteiger partial charge in [-0.1, -0.05) is 30.9 Å². The first-order valence-corrected chi connectivity index (χ1v) is 6.77. The number of rotatable bonds is 5. The molecule has 0 aliphatic heterocycles. The zero-order valence-corrected chi connectivity index (χ0v) is 12.5. The lowest BCUT2D eigenvalue weighted by Crippen LogP contribution is -2.06. The second-order valence-corrected chi connectivity index (χ2v) is 4.80. The Morgan fingerprint density at radius 2 is 1.95 bits per heavy atom. The van der Waals surface area contributed by atoms with Crippen LogP contribution in [-0.2, 0) is 12.6 Å². The maximum absolute atomic E-state index is 13.7. The van der Waals surface area contributed by atoms with Gasteiger partial charge < -0.3 is 0 Å². The highest BCUT2D eigenvalue weighted by Gasteiger charge is 2.30. The molecular formula is C18H18F4. The van der Waals surface area contributed by atoms with Crippen molar-refractivity contribution in [1.82, 2.24) is 0 Å². The highest BCUT2D eigenvalue weighted by molar-refractivity contribution is 5.54. The Morgan fingerprint density at radius 1 is 1.27 bits per heavy atom. The van der Waals surface area contributed by atoms with Crippen molar-refractivity contribution in [3.63, 3.8) is 0 Å². The molecule has 0 spiro atoms. The molecule has 118 valence electrons. The minimum absolute atomic E-state index is 0.0662. The lowest BCUT2D eigenvalue weighted by atomic mass is 10.0. The van der Waals surface area contributed by atoms with E-state index >= 15 is 0 Å². The third-order valence-electron chi connectivity index (χ3n) is 3.00. The monoisotopic (exact) mass is 310 g/mol. The fourth-order valence-electron chi connectivity index (χ4n) is 1.95. The van der Waals surface area contributed by atoms with Gasteiger partial charge in [-0.15, -0.1) is 0 Å². The predicted octanol–water partition coefficient (Wildman–Crippen LogP) is 6.27. The van der Waals surface area contributed by atoms with Gasteiger partial charge in [-0.25, -0.2) is 4.39 Å². The van der Waals surface area contributed by atoms with Crippen molar-refractivity contribution >= 4 is 6.08 Å². The summed E-state index contributed by atoms with van der Waals surface area (Å²) in [6.45, 7) is 7.13. The lowest BCUT2D eigenvalue weighted by molar-refractivity contribution is -0.137. The van der Waals surface area contributed by atoms with Crippen LogP contribution in [0, 0.1) is 0 Å². The molecule has 1 rings (SSSR count). The van der Waals surface area contributed by atoms with E-state index in [1.54, 1.807) is 19.1 Å². The molecule has 0 aromatic heterocycles. The SMILES string of the molecule is C=Cc1ccc(C(F)(F)F)cc1C/C=C(F)/C=C(C)\C=C/C. The first-order chi connectivity index (χ1) is 10.3. The number of halogens is 4. The van der Waals surface area contributed by atoms with E-state index in [4.69, 9.17) is 0 Å². The Morgan fingerprint density at radius 3 is 2.50 bits per heavy atom. The molecule has 1 aromatic carbocycles. The molecule has 0 bridgehead atoms. The van der Waals surface area contributed by atoms with Crippen LogP contribution in [0.15, 0.2) is 60.5 Å². The molecule has 0 N–H and O–H groups in total. The van der Waals surface area contributed by atoms with Gasteiger partial charge in [-0.05, 0) is 61.3 Å². The van der Waals surface area contributed by atoms with Gasteiger partial charge in [0.25, 0.3) is 0 Å². The van der Waals surface area contributed by atoms with E-state index in [0.29, 0.717) is 11.1 Å². The highest BCUT2D eigenvalue weighted by Crippen LogP contribution is 2.31. The van der Waals surface area contributed by atoms with Crippen LogP contribution in [0.2, 0.25) is 0 Å². The number of alkyl halides is 3. The van der Waals surface area contributed by atoms with Crippen molar-refractivity contribution < 1.29 is 17.6 Å². The molecule has 0 saturated heterocycles. The molecule has 0 heterocycles. The quantitative estimate of drug-likeness (QED) is 0.444. The van der Waals surface area contributed by atoms with Crippen LogP contribution < -0.4 is 0 Å². The Kier molecular flexibility index (Phi) is 6.35. The Bertz CT molecular complexity index is 616. The molecule has 0 nitrogen and oxygen atoms in total. The van der Waals surface area contributed by atoms with Crippen molar-refractivity contribution in [3.05, 3.63) is 77.2 Å². The lowest BCUT2D eigenvalue weighted by Gasteiger charge is -2.10. The van der Waals surface area contributed by atoms with E-state index in [1.807, 2.05) is 6.92 Å². The summed E-state index contributed by atoms with van der Waals surface area (Å²) in [7, 11) is 0. The van der Waals surface area contributed by atoms with Gasteiger partial charge in [0.15, 0.2) is 0 Å². The van der Waals surface area contributed by atoms with Crippen molar-refractivity contribution in [3.8, 4) is 0 Å². The highest BCUT2D eigenvalue weighted by atomic mass is 19.4. The first kappa shape index (κ1) is 18.0. The van der Waals surface area contributed by atoms with Crippen molar-refractivity contribution in [2.24, 2.45) is 0 Å². The van der Waals surface area contributed by atoms with Gasteiger partial charge in [-0.2, -0.15) is 13.2 Å². The maximum atomic E-state index is 13.7. The van der Waals surface area contributed by atoms with E-state index in [1.165, 1.54) is 24.3 Å². The van der Waals surface area contributed by atoms with E-state index in [9.17, 15) is 17.6 Å².